The van der Waals surface area contributed by atoms with Crippen molar-refractivity contribution in [3.63, 3.8) is 0 Å². The van der Waals surface area contributed by atoms with E-state index in [1.54, 1.807) is 0 Å². The van der Waals surface area contributed by atoms with Crippen molar-refractivity contribution in [3.8, 4) is 0 Å². The molecule has 1 heterocycles. The molecule has 0 saturated heterocycles. The molecule has 0 radical (unpaired) electrons. The maximum atomic E-state index is 8.51. The SMILES string of the molecule is C[n+]1ccc(C=NO)c2ccccc21.[I-]. The highest BCUT2D eigenvalue weighted by atomic mass is 127. The van der Waals surface area contributed by atoms with Gasteiger partial charge in [-0.05, 0) is 6.07 Å². The quantitative estimate of drug-likeness (QED) is 0.224. The van der Waals surface area contributed by atoms with Gasteiger partial charge in [0.25, 0.3) is 0 Å². The van der Waals surface area contributed by atoms with Crippen molar-refractivity contribution in [3.05, 3.63) is 42.1 Å². The van der Waals surface area contributed by atoms with Crippen LogP contribution in [0, 0.1) is 0 Å². The first kappa shape index (κ1) is 11.9. The van der Waals surface area contributed by atoms with E-state index >= 15 is 0 Å². The summed E-state index contributed by atoms with van der Waals surface area (Å²) < 4.78 is 2.03. The minimum atomic E-state index is 0. The van der Waals surface area contributed by atoms with Gasteiger partial charge >= 0.3 is 0 Å². The molecular formula is C11H11IN2O. The van der Waals surface area contributed by atoms with Gasteiger partial charge in [0.05, 0.1) is 11.6 Å². The van der Waals surface area contributed by atoms with E-state index < -0.39 is 0 Å². The summed E-state index contributed by atoms with van der Waals surface area (Å²) >= 11 is 0. The molecular weight excluding hydrogens is 303 g/mol. The first-order valence-electron chi connectivity index (χ1n) is 4.38. The van der Waals surface area contributed by atoms with Crippen LogP contribution in [0.1, 0.15) is 5.56 Å². The maximum absolute atomic E-state index is 8.51. The number of benzene rings is 1. The topological polar surface area (TPSA) is 36.5 Å². The minimum Gasteiger partial charge on any atom is -1.00 e. The Balaban J connectivity index is 0.00000112. The van der Waals surface area contributed by atoms with Crippen molar-refractivity contribution in [2.45, 2.75) is 0 Å². The Morgan fingerprint density at radius 1 is 1.27 bits per heavy atom. The van der Waals surface area contributed by atoms with E-state index in [-0.39, 0.29) is 24.0 Å². The summed E-state index contributed by atoms with van der Waals surface area (Å²) in [6.07, 6.45) is 3.39. The summed E-state index contributed by atoms with van der Waals surface area (Å²) in [5.74, 6) is 0. The highest BCUT2D eigenvalue weighted by Gasteiger charge is 2.06. The number of nitrogens with zero attached hydrogens (tertiary/aromatic N) is 2. The zero-order valence-corrected chi connectivity index (χ0v) is 10.4. The van der Waals surface area contributed by atoms with Gasteiger partial charge in [0.2, 0.25) is 5.52 Å². The Morgan fingerprint density at radius 2 is 2.00 bits per heavy atom. The van der Waals surface area contributed by atoms with Crippen LogP contribution in [0.15, 0.2) is 41.7 Å². The van der Waals surface area contributed by atoms with E-state index in [1.165, 1.54) is 6.21 Å². The summed E-state index contributed by atoms with van der Waals surface area (Å²) in [6.45, 7) is 0. The Kier molecular flexibility index (Phi) is 4.02. The maximum Gasteiger partial charge on any atom is 0.212 e. The monoisotopic (exact) mass is 314 g/mol. The Bertz CT molecular complexity index is 497. The zero-order valence-electron chi connectivity index (χ0n) is 8.26. The summed E-state index contributed by atoms with van der Waals surface area (Å²) in [5, 5.41) is 12.6. The molecule has 0 fully saturated rings. The van der Waals surface area contributed by atoms with E-state index in [9.17, 15) is 0 Å². The number of fused-ring (bicyclic) bond motifs is 1. The lowest BCUT2D eigenvalue weighted by Gasteiger charge is -1.98. The molecule has 1 aromatic heterocycles. The average Bonchev–Trinajstić information content (AvgIpc) is 2.23. The van der Waals surface area contributed by atoms with Crippen LogP contribution in [0.2, 0.25) is 0 Å². The molecule has 0 atom stereocenters. The molecule has 0 aliphatic carbocycles. The number of pyridine rings is 1. The number of para-hydroxylation sites is 1. The smallest absolute Gasteiger partial charge is 0.212 e. The van der Waals surface area contributed by atoms with Crippen molar-refractivity contribution in [1.29, 1.82) is 0 Å². The molecule has 4 heteroatoms. The molecule has 0 amide bonds. The van der Waals surface area contributed by atoms with Crippen LogP contribution in [0.25, 0.3) is 10.9 Å². The second-order valence-electron chi connectivity index (χ2n) is 3.14. The van der Waals surface area contributed by atoms with E-state index in [0.717, 1.165) is 16.5 Å². The summed E-state index contributed by atoms with van der Waals surface area (Å²) in [5.41, 5.74) is 2.03. The molecule has 2 rings (SSSR count). The molecule has 1 N–H and O–H groups in total. The number of oxime groups is 1. The minimum absolute atomic E-state index is 0. The lowest BCUT2D eigenvalue weighted by atomic mass is 10.1. The molecule has 0 saturated carbocycles. The number of hydrogen-bond donors (Lipinski definition) is 1. The van der Waals surface area contributed by atoms with Gasteiger partial charge in [0.1, 0.15) is 7.05 Å². The second kappa shape index (κ2) is 5.06. The van der Waals surface area contributed by atoms with Crippen LogP contribution in [-0.2, 0) is 7.05 Å². The first-order chi connectivity index (χ1) is 6.83. The predicted molar refractivity (Wildman–Crippen MR) is 54.5 cm³/mol. The van der Waals surface area contributed by atoms with Crippen LogP contribution in [0.3, 0.4) is 0 Å². The summed E-state index contributed by atoms with van der Waals surface area (Å²) in [4.78, 5) is 0. The lowest BCUT2D eigenvalue weighted by Crippen LogP contribution is -3.00. The fourth-order valence-electron chi connectivity index (χ4n) is 1.56. The van der Waals surface area contributed by atoms with Crippen LogP contribution >= 0.6 is 0 Å². The molecule has 0 aliphatic rings. The molecule has 78 valence electrons. The zero-order chi connectivity index (χ0) is 9.97. The molecule has 2 aromatic rings. The van der Waals surface area contributed by atoms with Crippen LogP contribution in [0.4, 0.5) is 0 Å². The van der Waals surface area contributed by atoms with Gasteiger partial charge in [-0.3, -0.25) is 0 Å². The fraction of sp³-hybridized carbons (Fsp3) is 0.0909. The van der Waals surface area contributed by atoms with Gasteiger partial charge < -0.3 is 29.2 Å². The first-order valence-corrected chi connectivity index (χ1v) is 4.38. The number of aryl methyl sites for hydroxylation is 1. The second-order valence-corrected chi connectivity index (χ2v) is 3.14. The number of aromatic nitrogens is 1. The van der Waals surface area contributed by atoms with Crippen molar-refractivity contribution in [2.24, 2.45) is 12.2 Å². The predicted octanol–water partition coefficient (Wildman–Crippen LogP) is -1.52. The van der Waals surface area contributed by atoms with E-state index in [1.807, 2.05) is 48.1 Å². The number of halogens is 1. The third-order valence-electron chi connectivity index (χ3n) is 2.27. The van der Waals surface area contributed by atoms with Crippen LogP contribution < -0.4 is 28.5 Å². The Morgan fingerprint density at radius 3 is 2.73 bits per heavy atom. The highest BCUT2D eigenvalue weighted by molar-refractivity contribution is 5.96. The Labute approximate surface area is 105 Å². The van der Waals surface area contributed by atoms with Gasteiger partial charge in [-0.2, -0.15) is 0 Å². The number of rotatable bonds is 1. The van der Waals surface area contributed by atoms with Gasteiger partial charge in [0.15, 0.2) is 6.20 Å². The molecule has 3 nitrogen and oxygen atoms in total. The van der Waals surface area contributed by atoms with E-state index in [0.29, 0.717) is 0 Å². The van der Waals surface area contributed by atoms with E-state index in [2.05, 4.69) is 5.16 Å². The van der Waals surface area contributed by atoms with Crippen LogP contribution in [0.5, 0.6) is 0 Å². The van der Waals surface area contributed by atoms with Gasteiger partial charge in [-0.1, -0.05) is 17.3 Å². The molecule has 0 spiro atoms. The molecule has 15 heavy (non-hydrogen) atoms. The van der Waals surface area contributed by atoms with Gasteiger partial charge in [0, 0.05) is 17.7 Å². The number of hydrogen-bond acceptors (Lipinski definition) is 2. The van der Waals surface area contributed by atoms with Crippen molar-refractivity contribution < 1.29 is 33.8 Å². The summed E-state index contributed by atoms with van der Waals surface area (Å²) in [7, 11) is 1.99. The average molecular weight is 314 g/mol. The van der Waals surface area contributed by atoms with Gasteiger partial charge in [-0.15, -0.1) is 0 Å². The highest BCUT2D eigenvalue weighted by Crippen LogP contribution is 2.12. The lowest BCUT2D eigenvalue weighted by molar-refractivity contribution is -0.644. The van der Waals surface area contributed by atoms with Crippen molar-refractivity contribution in [2.75, 3.05) is 0 Å². The third kappa shape index (κ3) is 2.26. The molecule has 0 unspecified atom stereocenters. The molecule has 0 aliphatic heterocycles. The Hall–Kier alpha value is -1.17. The fourth-order valence-corrected chi connectivity index (χ4v) is 1.56. The summed E-state index contributed by atoms with van der Waals surface area (Å²) in [6, 6.07) is 9.91. The van der Waals surface area contributed by atoms with Gasteiger partial charge in [-0.25, -0.2) is 4.57 Å². The standard InChI is InChI=1S/C11H10N2O.HI/c1-13-7-6-9(8-12-14)10-4-2-3-5-11(10)13;/h2-8H,1H3;1H. The van der Waals surface area contributed by atoms with Crippen LogP contribution in [-0.4, -0.2) is 11.4 Å². The third-order valence-corrected chi connectivity index (χ3v) is 2.27. The largest absolute Gasteiger partial charge is 1.00 e. The van der Waals surface area contributed by atoms with Crippen molar-refractivity contribution in [1.82, 2.24) is 0 Å². The molecule has 0 bridgehead atoms. The van der Waals surface area contributed by atoms with Crippen molar-refractivity contribution >= 4 is 17.1 Å². The molecule has 1 aromatic carbocycles. The van der Waals surface area contributed by atoms with E-state index in [4.69, 9.17) is 5.21 Å². The normalized spacial score (nSPS) is 10.5.